The first-order valence-electron chi connectivity index (χ1n) is 10.1. The Kier molecular flexibility index (Phi) is 9.14. The van der Waals surface area contributed by atoms with E-state index < -0.39 is 5.97 Å². The summed E-state index contributed by atoms with van der Waals surface area (Å²) >= 11 is 0. The molecular formula is C23H30N2O6. The summed E-state index contributed by atoms with van der Waals surface area (Å²) in [7, 11) is 4.47. The number of esters is 1. The van der Waals surface area contributed by atoms with E-state index in [1.54, 1.807) is 36.4 Å². The number of carbonyl (C=O) groups excluding carboxylic acids is 2. The van der Waals surface area contributed by atoms with Gasteiger partial charge in [-0.25, -0.2) is 4.79 Å². The molecule has 1 amide bonds. The summed E-state index contributed by atoms with van der Waals surface area (Å²) in [5.74, 6) is 0.429. The molecule has 0 fully saturated rings. The van der Waals surface area contributed by atoms with Crippen molar-refractivity contribution in [1.82, 2.24) is 4.90 Å². The van der Waals surface area contributed by atoms with E-state index in [0.29, 0.717) is 47.2 Å². The Morgan fingerprint density at radius 1 is 0.871 bits per heavy atom. The molecule has 2 aromatic carbocycles. The topological polar surface area (TPSA) is 86.3 Å². The number of nitrogens with zero attached hydrogens (tertiary/aromatic N) is 1. The SMILES string of the molecule is CCN(CC)CCOC(=O)c1ccc(NC(=O)c2cc(OC)c(OC)c(OC)c2)cc1. The van der Waals surface area contributed by atoms with Crippen LogP contribution in [0.1, 0.15) is 34.6 Å². The largest absolute Gasteiger partial charge is 0.493 e. The lowest BCUT2D eigenvalue weighted by atomic mass is 10.1. The van der Waals surface area contributed by atoms with Crippen LogP contribution < -0.4 is 19.5 Å². The maximum Gasteiger partial charge on any atom is 0.338 e. The van der Waals surface area contributed by atoms with Gasteiger partial charge in [-0.15, -0.1) is 0 Å². The van der Waals surface area contributed by atoms with Crippen LogP contribution in [-0.2, 0) is 4.74 Å². The Hall–Kier alpha value is -3.26. The number of methoxy groups -OCH3 is 3. The second kappa shape index (κ2) is 11.8. The zero-order valence-corrected chi connectivity index (χ0v) is 18.7. The molecule has 0 aliphatic carbocycles. The van der Waals surface area contributed by atoms with E-state index in [9.17, 15) is 9.59 Å². The molecule has 0 spiro atoms. The number of anilines is 1. The van der Waals surface area contributed by atoms with Crippen LogP contribution in [0, 0.1) is 0 Å². The fourth-order valence-corrected chi connectivity index (χ4v) is 3.00. The summed E-state index contributed by atoms with van der Waals surface area (Å²) in [5.41, 5.74) is 1.30. The van der Waals surface area contributed by atoms with Gasteiger partial charge in [0.25, 0.3) is 5.91 Å². The van der Waals surface area contributed by atoms with E-state index in [1.807, 2.05) is 0 Å². The Bertz CT molecular complexity index is 853. The van der Waals surface area contributed by atoms with E-state index in [-0.39, 0.29) is 5.91 Å². The third kappa shape index (κ3) is 6.36. The van der Waals surface area contributed by atoms with Crippen LogP contribution in [0.25, 0.3) is 0 Å². The molecule has 0 aromatic heterocycles. The molecule has 0 radical (unpaired) electrons. The summed E-state index contributed by atoms with van der Waals surface area (Å²) in [6, 6.07) is 9.67. The third-order valence-electron chi connectivity index (χ3n) is 4.84. The Morgan fingerprint density at radius 2 is 1.45 bits per heavy atom. The van der Waals surface area contributed by atoms with Crippen molar-refractivity contribution in [2.45, 2.75) is 13.8 Å². The van der Waals surface area contributed by atoms with Gasteiger partial charge in [0.1, 0.15) is 6.61 Å². The second-order valence-electron chi connectivity index (χ2n) is 6.61. The number of hydrogen-bond donors (Lipinski definition) is 1. The number of nitrogens with one attached hydrogen (secondary N) is 1. The molecule has 1 N–H and O–H groups in total. The van der Waals surface area contributed by atoms with E-state index in [1.165, 1.54) is 21.3 Å². The highest BCUT2D eigenvalue weighted by Gasteiger charge is 2.17. The van der Waals surface area contributed by atoms with Crippen LogP contribution in [0.2, 0.25) is 0 Å². The maximum atomic E-state index is 12.7. The molecule has 0 unspecified atom stereocenters. The summed E-state index contributed by atoms with van der Waals surface area (Å²) in [4.78, 5) is 27.0. The molecule has 0 bridgehead atoms. The lowest BCUT2D eigenvalue weighted by molar-refractivity contribution is 0.0466. The van der Waals surface area contributed by atoms with Gasteiger partial charge in [-0.2, -0.15) is 0 Å². The molecule has 8 nitrogen and oxygen atoms in total. The van der Waals surface area contributed by atoms with Crippen LogP contribution in [0.3, 0.4) is 0 Å². The highest BCUT2D eigenvalue weighted by Crippen LogP contribution is 2.38. The first-order chi connectivity index (χ1) is 15.0. The molecule has 0 atom stereocenters. The van der Waals surface area contributed by atoms with Gasteiger partial charge in [0.05, 0.1) is 26.9 Å². The van der Waals surface area contributed by atoms with Gasteiger partial charge in [-0.1, -0.05) is 13.8 Å². The zero-order chi connectivity index (χ0) is 22.8. The molecule has 0 aliphatic heterocycles. The molecule has 0 saturated carbocycles. The van der Waals surface area contributed by atoms with Gasteiger partial charge in [0, 0.05) is 17.8 Å². The van der Waals surface area contributed by atoms with Gasteiger partial charge in [0.15, 0.2) is 11.5 Å². The number of carbonyl (C=O) groups is 2. The van der Waals surface area contributed by atoms with Gasteiger partial charge in [-0.3, -0.25) is 4.79 Å². The van der Waals surface area contributed by atoms with Gasteiger partial charge in [-0.05, 0) is 49.5 Å². The van der Waals surface area contributed by atoms with Crippen LogP contribution in [0.5, 0.6) is 17.2 Å². The number of ether oxygens (including phenoxy) is 4. The molecule has 0 saturated heterocycles. The summed E-state index contributed by atoms with van der Waals surface area (Å²) in [6.45, 7) is 6.98. The van der Waals surface area contributed by atoms with Crippen molar-refractivity contribution in [3.05, 3.63) is 47.5 Å². The first-order valence-corrected chi connectivity index (χ1v) is 10.1. The minimum absolute atomic E-state index is 0.333. The quantitative estimate of drug-likeness (QED) is 0.546. The van der Waals surface area contributed by atoms with Crippen molar-refractivity contribution in [2.24, 2.45) is 0 Å². The second-order valence-corrected chi connectivity index (χ2v) is 6.61. The van der Waals surface area contributed by atoms with Crippen LogP contribution in [0.4, 0.5) is 5.69 Å². The number of rotatable bonds is 11. The zero-order valence-electron chi connectivity index (χ0n) is 18.7. The monoisotopic (exact) mass is 430 g/mol. The number of likely N-dealkylation sites (N-methyl/N-ethyl adjacent to an activating group) is 1. The predicted molar refractivity (Wildman–Crippen MR) is 119 cm³/mol. The van der Waals surface area contributed by atoms with Crippen molar-refractivity contribution in [3.8, 4) is 17.2 Å². The standard InChI is InChI=1S/C23H30N2O6/c1-6-25(7-2)12-13-31-23(27)16-8-10-18(11-9-16)24-22(26)17-14-19(28-3)21(30-5)20(15-17)29-4/h8-11,14-15H,6-7,12-13H2,1-5H3,(H,24,26). The van der Waals surface area contributed by atoms with Crippen molar-refractivity contribution in [2.75, 3.05) is 52.9 Å². The lowest BCUT2D eigenvalue weighted by Crippen LogP contribution is -2.27. The van der Waals surface area contributed by atoms with Gasteiger partial charge < -0.3 is 29.2 Å². The highest BCUT2D eigenvalue weighted by atomic mass is 16.5. The van der Waals surface area contributed by atoms with Crippen molar-refractivity contribution in [1.29, 1.82) is 0 Å². The molecule has 2 aromatic rings. The summed E-state index contributed by atoms with van der Waals surface area (Å²) in [5, 5.41) is 2.79. The minimum atomic E-state index is -0.394. The van der Waals surface area contributed by atoms with Crippen LogP contribution in [0.15, 0.2) is 36.4 Å². The van der Waals surface area contributed by atoms with Crippen molar-refractivity contribution < 1.29 is 28.5 Å². The maximum absolute atomic E-state index is 12.7. The normalized spacial score (nSPS) is 10.5. The van der Waals surface area contributed by atoms with Gasteiger partial charge in [0.2, 0.25) is 5.75 Å². The molecule has 2 rings (SSSR count). The minimum Gasteiger partial charge on any atom is -0.493 e. The van der Waals surface area contributed by atoms with Gasteiger partial charge >= 0.3 is 5.97 Å². The molecule has 8 heteroatoms. The Balaban J connectivity index is 2.03. The third-order valence-corrected chi connectivity index (χ3v) is 4.84. The average Bonchev–Trinajstić information content (AvgIpc) is 2.81. The molecular weight excluding hydrogens is 400 g/mol. The highest BCUT2D eigenvalue weighted by molar-refractivity contribution is 6.05. The lowest BCUT2D eigenvalue weighted by Gasteiger charge is -2.17. The van der Waals surface area contributed by atoms with Crippen LogP contribution >= 0.6 is 0 Å². The van der Waals surface area contributed by atoms with E-state index in [2.05, 4.69) is 24.1 Å². The van der Waals surface area contributed by atoms with E-state index >= 15 is 0 Å². The molecule has 168 valence electrons. The van der Waals surface area contributed by atoms with E-state index in [0.717, 1.165) is 13.1 Å². The average molecular weight is 431 g/mol. The van der Waals surface area contributed by atoms with Crippen LogP contribution in [-0.4, -0.2) is 64.3 Å². The van der Waals surface area contributed by atoms with Crippen molar-refractivity contribution >= 4 is 17.6 Å². The van der Waals surface area contributed by atoms with Crippen molar-refractivity contribution in [3.63, 3.8) is 0 Å². The fourth-order valence-electron chi connectivity index (χ4n) is 3.00. The summed E-state index contributed by atoms with van der Waals surface area (Å²) < 4.78 is 21.2. The predicted octanol–water partition coefficient (Wildman–Crippen LogP) is 3.46. The summed E-state index contributed by atoms with van der Waals surface area (Å²) in [6.07, 6.45) is 0. The van der Waals surface area contributed by atoms with E-state index in [4.69, 9.17) is 18.9 Å². The Labute approximate surface area is 183 Å². The number of amides is 1. The number of benzene rings is 2. The number of hydrogen-bond acceptors (Lipinski definition) is 7. The Morgan fingerprint density at radius 3 is 1.94 bits per heavy atom. The molecule has 31 heavy (non-hydrogen) atoms. The first kappa shape index (κ1) is 24.0. The fraction of sp³-hybridized carbons (Fsp3) is 0.391. The molecule has 0 heterocycles. The smallest absolute Gasteiger partial charge is 0.338 e. The molecule has 0 aliphatic rings.